The van der Waals surface area contributed by atoms with Gasteiger partial charge in [-0.1, -0.05) is 147 Å². The fourth-order valence-electron chi connectivity index (χ4n) is 10.0. The van der Waals surface area contributed by atoms with Crippen molar-refractivity contribution >= 4 is 17.1 Å². The van der Waals surface area contributed by atoms with Gasteiger partial charge in [0.2, 0.25) is 0 Å². The van der Waals surface area contributed by atoms with E-state index in [1.165, 1.54) is 77.9 Å². The molecule has 0 N–H and O–H groups in total. The zero-order valence-electron chi connectivity index (χ0n) is 30.7. The first-order chi connectivity index (χ1) is 27.0. The van der Waals surface area contributed by atoms with Crippen molar-refractivity contribution in [1.29, 1.82) is 5.26 Å². The fourth-order valence-corrected chi connectivity index (χ4v) is 10.0. The van der Waals surface area contributed by atoms with Crippen LogP contribution < -0.4 is 4.90 Å². The fraction of sp³-hybridized carbons (Fsp3) is 0.0755. The molecule has 8 aromatic rings. The van der Waals surface area contributed by atoms with Crippen LogP contribution in [0.25, 0.3) is 44.5 Å². The molecule has 0 bridgehead atoms. The third-order valence-corrected chi connectivity index (χ3v) is 12.5. The van der Waals surface area contributed by atoms with Gasteiger partial charge in [-0.25, -0.2) is 0 Å². The predicted octanol–water partition coefficient (Wildman–Crippen LogP) is 13.3. The summed E-state index contributed by atoms with van der Waals surface area (Å²) in [5.74, 6) is 0. The largest absolute Gasteiger partial charge is 0.310 e. The molecule has 258 valence electrons. The summed E-state index contributed by atoms with van der Waals surface area (Å²) in [5.41, 5.74) is 20.8. The van der Waals surface area contributed by atoms with Crippen molar-refractivity contribution in [3.63, 3.8) is 0 Å². The molecular formula is C53H36N2. The lowest BCUT2D eigenvalue weighted by Crippen LogP contribution is -2.26. The molecule has 1 atom stereocenters. The van der Waals surface area contributed by atoms with Crippen LogP contribution in [0, 0.1) is 11.3 Å². The van der Waals surface area contributed by atoms with Gasteiger partial charge >= 0.3 is 0 Å². The molecule has 0 fully saturated rings. The molecule has 0 radical (unpaired) electrons. The van der Waals surface area contributed by atoms with Gasteiger partial charge in [0.25, 0.3) is 0 Å². The van der Waals surface area contributed by atoms with Crippen molar-refractivity contribution in [2.24, 2.45) is 0 Å². The van der Waals surface area contributed by atoms with Gasteiger partial charge in [0.1, 0.15) is 0 Å². The van der Waals surface area contributed by atoms with Crippen LogP contribution in [0.1, 0.15) is 52.8 Å². The summed E-state index contributed by atoms with van der Waals surface area (Å²) in [6.07, 6.45) is 0. The Bertz CT molecular complexity index is 2900. The highest BCUT2D eigenvalue weighted by atomic mass is 15.1. The Morgan fingerprint density at radius 2 is 0.818 bits per heavy atom. The van der Waals surface area contributed by atoms with Gasteiger partial charge in [-0.3, -0.25) is 0 Å². The summed E-state index contributed by atoms with van der Waals surface area (Å²) < 4.78 is 0. The van der Waals surface area contributed by atoms with Crippen molar-refractivity contribution in [2.45, 2.75) is 24.7 Å². The van der Waals surface area contributed by atoms with Gasteiger partial charge < -0.3 is 4.90 Å². The van der Waals surface area contributed by atoms with Crippen molar-refractivity contribution in [2.75, 3.05) is 4.90 Å². The molecule has 3 aliphatic rings. The number of nitriles is 1. The highest BCUT2D eigenvalue weighted by Gasteiger charge is 2.52. The number of anilines is 3. The van der Waals surface area contributed by atoms with Gasteiger partial charge in [0, 0.05) is 22.5 Å². The number of nitrogens with zero attached hydrogens (tertiary/aromatic N) is 2. The number of hydrogen-bond acceptors (Lipinski definition) is 2. The number of benzene rings is 8. The second-order valence-corrected chi connectivity index (χ2v) is 15.6. The Hall–Kier alpha value is -6.95. The van der Waals surface area contributed by atoms with E-state index in [4.69, 9.17) is 0 Å². The highest BCUT2D eigenvalue weighted by molar-refractivity contribution is 5.97. The zero-order valence-corrected chi connectivity index (χ0v) is 30.7. The summed E-state index contributed by atoms with van der Waals surface area (Å²) in [5, 5.41) is 10.2. The van der Waals surface area contributed by atoms with Gasteiger partial charge in [-0.05, 0) is 126 Å². The lowest BCUT2D eigenvalue weighted by atomic mass is 9.70. The number of fused-ring (bicyclic) bond motifs is 13. The SMILES string of the molecule is CC1(C)c2ccccc2-c2ccc(N(c3ccc(-c4ccccc4)cc3)c3ccc4c(c3)C3(c5ccccc5-c5ccc(C#N)cc53)c3ccccc3-4)cc21. The van der Waals surface area contributed by atoms with E-state index in [9.17, 15) is 5.26 Å². The molecule has 0 saturated heterocycles. The van der Waals surface area contributed by atoms with Gasteiger partial charge in [-0.15, -0.1) is 0 Å². The van der Waals surface area contributed by atoms with E-state index in [1.807, 2.05) is 6.07 Å². The van der Waals surface area contributed by atoms with E-state index in [0.29, 0.717) is 5.56 Å². The van der Waals surface area contributed by atoms with E-state index in [-0.39, 0.29) is 5.41 Å². The molecular weight excluding hydrogens is 665 g/mol. The quantitative estimate of drug-likeness (QED) is 0.183. The molecule has 0 aliphatic heterocycles. The van der Waals surface area contributed by atoms with Gasteiger partial charge in [0.15, 0.2) is 0 Å². The second kappa shape index (κ2) is 11.5. The molecule has 2 heteroatoms. The number of hydrogen-bond donors (Lipinski definition) is 0. The summed E-state index contributed by atoms with van der Waals surface area (Å²) in [7, 11) is 0. The topological polar surface area (TPSA) is 27.0 Å². The average molecular weight is 701 g/mol. The van der Waals surface area contributed by atoms with E-state index in [1.54, 1.807) is 0 Å². The Kier molecular flexibility index (Phi) is 6.61. The molecule has 55 heavy (non-hydrogen) atoms. The minimum atomic E-state index is -0.564. The Morgan fingerprint density at radius 1 is 0.382 bits per heavy atom. The lowest BCUT2D eigenvalue weighted by Gasteiger charge is -2.32. The summed E-state index contributed by atoms with van der Waals surface area (Å²) in [6, 6.07) is 68.9. The van der Waals surface area contributed by atoms with E-state index in [0.717, 1.165) is 17.1 Å². The van der Waals surface area contributed by atoms with Crippen molar-refractivity contribution in [1.82, 2.24) is 0 Å². The molecule has 11 rings (SSSR count). The van der Waals surface area contributed by atoms with Crippen LogP contribution >= 0.6 is 0 Å². The molecule has 1 unspecified atom stereocenters. The Balaban J connectivity index is 1.16. The summed E-state index contributed by atoms with van der Waals surface area (Å²) >= 11 is 0. The summed E-state index contributed by atoms with van der Waals surface area (Å²) in [6.45, 7) is 4.70. The molecule has 0 aromatic heterocycles. The first kappa shape index (κ1) is 31.6. The molecule has 2 nitrogen and oxygen atoms in total. The molecule has 1 spiro atoms. The summed E-state index contributed by atoms with van der Waals surface area (Å²) in [4.78, 5) is 2.43. The van der Waals surface area contributed by atoms with Crippen LogP contribution in [0.15, 0.2) is 182 Å². The minimum Gasteiger partial charge on any atom is -0.310 e. The third kappa shape index (κ3) is 4.30. The van der Waals surface area contributed by atoms with Gasteiger partial charge in [0.05, 0.1) is 17.0 Å². The van der Waals surface area contributed by atoms with Crippen LogP contribution in [0.4, 0.5) is 17.1 Å². The van der Waals surface area contributed by atoms with E-state index < -0.39 is 5.41 Å². The number of rotatable bonds is 4. The smallest absolute Gasteiger partial charge is 0.0991 e. The molecule has 0 saturated carbocycles. The lowest BCUT2D eigenvalue weighted by molar-refractivity contribution is 0.660. The van der Waals surface area contributed by atoms with Gasteiger partial charge in [-0.2, -0.15) is 5.26 Å². The van der Waals surface area contributed by atoms with E-state index in [2.05, 4.69) is 201 Å². The maximum Gasteiger partial charge on any atom is 0.0991 e. The highest BCUT2D eigenvalue weighted by Crippen LogP contribution is 2.63. The normalized spacial score (nSPS) is 16.0. The van der Waals surface area contributed by atoms with E-state index >= 15 is 0 Å². The first-order valence-corrected chi connectivity index (χ1v) is 19.1. The first-order valence-electron chi connectivity index (χ1n) is 19.1. The minimum absolute atomic E-state index is 0.135. The monoisotopic (exact) mass is 700 g/mol. The third-order valence-electron chi connectivity index (χ3n) is 12.5. The van der Waals surface area contributed by atoms with Crippen LogP contribution in [0.2, 0.25) is 0 Å². The molecule has 3 aliphatic carbocycles. The van der Waals surface area contributed by atoms with Crippen molar-refractivity contribution in [3.8, 4) is 50.6 Å². The second-order valence-electron chi connectivity index (χ2n) is 15.6. The maximum atomic E-state index is 10.2. The van der Waals surface area contributed by atoms with Crippen LogP contribution in [0.3, 0.4) is 0 Å². The van der Waals surface area contributed by atoms with Crippen molar-refractivity contribution in [3.05, 3.63) is 221 Å². The molecule has 8 aromatic carbocycles. The predicted molar refractivity (Wildman–Crippen MR) is 225 cm³/mol. The average Bonchev–Trinajstić information content (AvgIpc) is 3.79. The Morgan fingerprint density at radius 3 is 1.44 bits per heavy atom. The van der Waals surface area contributed by atoms with Crippen LogP contribution in [0.5, 0.6) is 0 Å². The maximum absolute atomic E-state index is 10.2. The molecule has 0 amide bonds. The van der Waals surface area contributed by atoms with Crippen LogP contribution in [-0.4, -0.2) is 0 Å². The zero-order chi connectivity index (χ0) is 36.9. The van der Waals surface area contributed by atoms with Crippen molar-refractivity contribution < 1.29 is 0 Å². The molecule has 0 heterocycles. The van der Waals surface area contributed by atoms with Crippen LogP contribution in [-0.2, 0) is 10.8 Å². The Labute approximate surface area is 322 Å². The standard InChI is InChI=1S/C53H36N2/c1-52(2)46-17-9-6-14-40(46)43-28-25-38(31-49(43)52)55(37-23-21-36(22-24-37)35-12-4-3-5-13-35)39-26-29-45-42-16-8-11-19-48(42)53(51(45)32-39)47-18-10-7-15-41(47)44-27-20-34(33-54)30-50(44)53/h3-32H,1-2H3.